The van der Waals surface area contributed by atoms with Crippen molar-refractivity contribution in [3.63, 3.8) is 0 Å². The zero-order chi connectivity index (χ0) is 11.7. The average Bonchev–Trinajstić information content (AvgIpc) is 2.98. The molecule has 0 spiro atoms. The van der Waals surface area contributed by atoms with Crippen LogP contribution in [0, 0.1) is 5.82 Å². The van der Waals surface area contributed by atoms with E-state index in [1.807, 2.05) is 0 Å². The summed E-state index contributed by atoms with van der Waals surface area (Å²) >= 11 is 3.24. The van der Waals surface area contributed by atoms with Gasteiger partial charge < -0.3 is 5.73 Å². The van der Waals surface area contributed by atoms with Crippen molar-refractivity contribution in [1.82, 2.24) is 5.32 Å². The van der Waals surface area contributed by atoms with Gasteiger partial charge in [0.2, 0.25) is 5.91 Å². The first kappa shape index (κ1) is 11.5. The molecule has 0 saturated heterocycles. The number of nitrogens with two attached hydrogens (primary N) is 1. The highest BCUT2D eigenvalue weighted by molar-refractivity contribution is 9.10. The van der Waals surface area contributed by atoms with E-state index in [2.05, 4.69) is 21.2 Å². The summed E-state index contributed by atoms with van der Waals surface area (Å²) < 4.78 is 13.5. The Morgan fingerprint density at radius 2 is 2.25 bits per heavy atom. The molecule has 1 unspecified atom stereocenters. The van der Waals surface area contributed by atoms with Gasteiger partial charge in [-0.25, -0.2) is 4.39 Å². The van der Waals surface area contributed by atoms with Crippen LogP contribution in [0.15, 0.2) is 22.7 Å². The fourth-order valence-corrected chi connectivity index (χ4v) is 2.13. The zero-order valence-electron chi connectivity index (χ0n) is 8.54. The Balaban J connectivity index is 2.26. The predicted octanol–water partition coefficient (Wildman–Crippen LogP) is 1.87. The highest BCUT2D eigenvalue weighted by atomic mass is 79.9. The third kappa shape index (κ3) is 2.59. The van der Waals surface area contributed by atoms with Crippen molar-refractivity contribution in [2.24, 2.45) is 5.73 Å². The maximum absolute atomic E-state index is 12.9. The third-order valence-electron chi connectivity index (χ3n) is 2.54. The number of hydrogen-bond acceptors (Lipinski definition) is 2. The highest BCUT2D eigenvalue weighted by Crippen LogP contribution is 2.28. The van der Waals surface area contributed by atoms with Crippen LogP contribution >= 0.6 is 15.9 Å². The molecule has 1 aliphatic carbocycles. The smallest absolute Gasteiger partial charge is 0.239 e. The molecule has 1 fully saturated rings. The van der Waals surface area contributed by atoms with Gasteiger partial charge in [-0.3, -0.25) is 10.1 Å². The molecule has 0 aromatic heterocycles. The summed E-state index contributed by atoms with van der Waals surface area (Å²) in [7, 11) is 0. The van der Waals surface area contributed by atoms with E-state index in [9.17, 15) is 9.18 Å². The molecule has 5 heteroatoms. The van der Waals surface area contributed by atoms with Crippen molar-refractivity contribution < 1.29 is 9.18 Å². The predicted molar refractivity (Wildman–Crippen MR) is 62.2 cm³/mol. The second kappa shape index (κ2) is 4.51. The Hall–Kier alpha value is -0.940. The number of carbonyl (C=O) groups is 1. The molecule has 1 amide bonds. The van der Waals surface area contributed by atoms with Crippen LogP contribution in [-0.2, 0) is 4.79 Å². The second-order valence-corrected chi connectivity index (χ2v) is 4.80. The van der Waals surface area contributed by atoms with Crippen LogP contribution in [0.4, 0.5) is 4.39 Å². The van der Waals surface area contributed by atoms with Crippen molar-refractivity contribution >= 4 is 21.8 Å². The van der Waals surface area contributed by atoms with Gasteiger partial charge in [-0.2, -0.15) is 0 Å². The molecular weight excluding hydrogens is 275 g/mol. The van der Waals surface area contributed by atoms with Gasteiger partial charge in [0.15, 0.2) is 0 Å². The Bertz CT molecular complexity index is 420. The second-order valence-electron chi connectivity index (χ2n) is 3.94. The molecule has 1 aromatic rings. The summed E-state index contributed by atoms with van der Waals surface area (Å²) in [5.74, 6) is -0.788. The maximum atomic E-state index is 12.9. The van der Waals surface area contributed by atoms with Gasteiger partial charge in [0.05, 0.1) is 0 Å². The van der Waals surface area contributed by atoms with Gasteiger partial charge in [0.25, 0.3) is 0 Å². The lowest BCUT2D eigenvalue weighted by Gasteiger charge is -2.16. The number of primary amides is 1. The van der Waals surface area contributed by atoms with Gasteiger partial charge in [-0.05, 0) is 30.5 Å². The quantitative estimate of drug-likeness (QED) is 0.888. The zero-order valence-corrected chi connectivity index (χ0v) is 10.1. The SMILES string of the molecule is NC(=O)C(NC1CC1)c1ccc(F)cc1Br. The van der Waals surface area contributed by atoms with E-state index in [4.69, 9.17) is 5.73 Å². The lowest BCUT2D eigenvalue weighted by Crippen LogP contribution is -2.35. The molecule has 0 aliphatic heterocycles. The molecule has 0 heterocycles. The van der Waals surface area contributed by atoms with Crippen LogP contribution in [0.5, 0.6) is 0 Å². The van der Waals surface area contributed by atoms with Crippen LogP contribution in [0.25, 0.3) is 0 Å². The molecule has 1 aliphatic rings. The molecule has 0 bridgehead atoms. The lowest BCUT2D eigenvalue weighted by molar-refractivity contribution is -0.120. The molecule has 0 radical (unpaired) electrons. The number of halogens is 2. The van der Waals surface area contributed by atoms with Crippen molar-refractivity contribution in [3.8, 4) is 0 Å². The molecule has 1 saturated carbocycles. The molecule has 16 heavy (non-hydrogen) atoms. The van der Waals surface area contributed by atoms with Crippen LogP contribution in [0.3, 0.4) is 0 Å². The summed E-state index contributed by atoms with van der Waals surface area (Å²) in [6.45, 7) is 0. The average molecular weight is 287 g/mol. The van der Waals surface area contributed by atoms with E-state index in [1.165, 1.54) is 12.1 Å². The van der Waals surface area contributed by atoms with Crippen LogP contribution < -0.4 is 11.1 Å². The summed E-state index contributed by atoms with van der Waals surface area (Å²) in [5.41, 5.74) is 6.02. The van der Waals surface area contributed by atoms with Crippen molar-refractivity contribution in [2.45, 2.75) is 24.9 Å². The lowest BCUT2D eigenvalue weighted by atomic mass is 10.1. The standard InChI is InChI=1S/C11H12BrFN2O/c12-9-5-6(13)1-4-8(9)10(11(14)16)15-7-2-3-7/h1,4-5,7,10,15H,2-3H2,(H2,14,16). The Labute approximate surface area is 101 Å². The third-order valence-corrected chi connectivity index (χ3v) is 3.22. The Morgan fingerprint density at radius 1 is 1.56 bits per heavy atom. The monoisotopic (exact) mass is 286 g/mol. The first-order valence-corrected chi connectivity index (χ1v) is 5.87. The van der Waals surface area contributed by atoms with E-state index in [0.29, 0.717) is 16.1 Å². The first-order chi connectivity index (χ1) is 7.58. The van der Waals surface area contributed by atoms with Crippen molar-refractivity contribution in [2.75, 3.05) is 0 Å². The molecule has 1 aromatic carbocycles. The number of amides is 1. The number of benzene rings is 1. The Kier molecular flexibility index (Phi) is 3.25. The van der Waals surface area contributed by atoms with Gasteiger partial charge in [-0.15, -0.1) is 0 Å². The van der Waals surface area contributed by atoms with Crippen molar-refractivity contribution in [1.29, 1.82) is 0 Å². The molecule has 86 valence electrons. The van der Waals surface area contributed by atoms with Gasteiger partial charge in [-0.1, -0.05) is 22.0 Å². The minimum Gasteiger partial charge on any atom is -0.368 e. The molecular formula is C11H12BrFN2O. The van der Waals surface area contributed by atoms with E-state index in [-0.39, 0.29) is 5.82 Å². The highest BCUT2D eigenvalue weighted by Gasteiger charge is 2.29. The fraction of sp³-hybridized carbons (Fsp3) is 0.364. The molecule has 3 nitrogen and oxygen atoms in total. The Morgan fingerprint density at radius 3 is 2.75 bits per heavy atom. The van der Waals surface area contributed by atoms with Gasteiger partial charge >= 0.3 is 0 Å². The van der Waals surface area contributed by atoms with E-state index < -0.39 is 11.9 Å². The van der Waals surface area contributed by atoms with Crippen molar-refractivity contribution in [3.05, 3.63) is 34.1 Å². The largest absolute Gasteiger partial charge is 0.368 e. The molecule has 1 atom stereocenters. The minimum absolute atomic E-state index is 0.342. The van der Waals surface area contributed by atoms with Gasteiger partial charge in [0.1, 0.15) is 11.9 Å². The summed E-state index contributed by atoms with van der Waals surface area (Å²) in [6.07, 6.45) is 2.12. The maximum Gasteiger partial charge on any atom is 0.239 e. The number of carbonyl (C=O) groups excluding carboxylic acids is 1. The number of rotatable bonds is 4. The number of hydrogen-bond donors (Lipinski definition) is 2. The number of nitrogens with one attached hydrogen (secondary N) is 1. The van der Waals surface area contributed by atoms with Crippen LogP contribution in [-0.4, -0.2) is 11.9 Å². The van der Waals surface area contributed by atoms with E-state index in [1.54, 1.807) is 6.07 Å². The molecule has 3 N–H and O–H groups in total. The van der Waals surface area contributed by atoms with E-state index >= 15 is 0 Å². The van der Waals surface area contributed by atoms with Crippen LogP contribution in [0.2, 0.25) is 0 Å². The normalized spacial score (nSPS) is 17.1. The fourth-order valence-electron chi connectivity index (χ4n) is 1.55. The van der Waals surface area contributed by atoms with Gasteiger partial charge in [0, 0.05) is 10.5 Å². The topological polar surface area (TPSA) is 55.1 Å². The minimum atomic E-state index is -0.553. The molecule has 2 rings (SSSR count). The van der Waals surface area contributed by atoms with Crippen LogP contribution in [0.1, 0.15) is 24.4 Å². The first-order valence-electron chi connectivity index (χ1n) is 5.08. The van der Waals surface area contributed by atoms with E-state index in [0.717, 1.165) is 12.8 Å². The summed E-state index contributed by atoms with van der Waals surface area (Å²) in [5, 5.41) is 3.14. The summed E-state index contributed by atoms with van der Waals surface area (Å²) in [6, 6.07) is 4.03. The summed E-state index contributed by atoms with van der Waals surface area (Å²) in [4.78, 5) is 11.3.